The molecular formula is C17H19N5O5S. The number of sulfonamides is 1. The molecule has 0 aliphatic rings. The molecule has 11 heteroatoms. The standard InChI is InChI=1S/C17H19N5O5S/c1-12(23)19-14-4-7-16(8-5-14)28(26,27)20-18-11-13-10-15(22(24)25)6-9-17(13)21(2)3/h4-11,20H,1-3H3,(H,19,23)/b18-11-. The fraction of sp³-hybridized carbons (Fsp3) is 0.176. The predicted octanol–water partition coefficient (Wildman–Crippen LogP) is 1.93. The first-order chi connectivity index (χ1) is 13.1. The lowest BCUT2D eigenvalue weighted by molar-refractivity contribution is -0.384. The lowest BCUT2D eigenvalue weighted by atomic mass is 10.1. The maximum atomic E-state index is 12.3. The summed E-state index contributed by atoms with van der Waals surface area (Å²) in [5.41, 5.74) is 1.33. The number of benzene rings is 2. The number of non-ortho nitro benzene ring substituents is 1. The number of rotatable bonds is 7. The summed E-state index contributed by atoms with van der Waals surface area (Å²) in [6.45, 7) is 1.34. The minimum atomic E-state index is -3.94. The van der Waals surface area contributed by atoms with E-state index in [1.165, 1.54) is 49.5 Å². The van der Waals surface area contributed by atoms with Crippen LogP contribution in [-0.2, 0) is 14.8 Å². The minimum Gasteiger partial charge on any atom is -0.377 e. The molecule has 0 bridgehead atoms. The smallest absolute Gasteiger partial charge is 0.276 e. The van der Waals surface area contributed by atoms with Crippen LogP contribution in [0.25, 0.3) is 0 Å². The second-order valence-electron chi connectivity index (χ2n) is 5.95. The zero-order chi connectivity index (χ0) is 20.9. The number of nitro groups is 1. The minimum absolute atomic E-state index is 0.0503. The normalized spacial score (nSPS) is 11.2. The van der Waals surface area contributed by atoms with Gasteiger partial charge in [-0.3, -0.25) is 14.9 Å². The van der Waals surface area contributed by atoms with Crippen molar-refractivity contribution in [1.29, 1.82) is 0 Å². The Morgan fingerprint density at radius 2 is 1.82 bits per heavy atom. The molecule has 0 radical (unpaired) electrons. The lowest BCUT2D eigenvalue weighted by Crippen LogP contribution is -2.19. The second kappa shape index (κ2) is 8.48. The van der Waals surface area contributed by atoms with Crippen molar-refractivity contribution in [2.75, 3.05) is 24.3 Å². The quantitative estimate of drug-likeness (QED) is 0.411. The molecule has 0 fully saturated rings. The molecule has 0 aliphatic heterocycles. The van der Waals surface area contributed by atoms with Gasteiger partial charge in [-0.05, 0) is 30.3 Å². The average Bonchev–Trinajstić information content (AvgIpc) is 2.61. The number of hydrogen-bond acceptors (Lipinski definition) is 7. The SMILES string of the molecule is CC(=O)Nc1ccc(S(=O)(=O)N/N=C\c2cc([N+](=O)[O-])ccc2N(C)C)cc1. The summed E-state index contributed by atoms with van der Waals surface area (Å²) < 4.78 is 24.6. The molecule has 0 saturated carbocycles. The molecule has 28 heavy (non-hydrogen) atoms. The van der Waals surface area contributed by atoms with Gasteiger partial charge in [0.2, 0.25) is 5.91 Å². The summed E-state index contributed by atoms with van der Waals surface area (Å²) in [7, 11) is -0.445. The molecule has 2 rings (SSSR count). The first-order valence-electron chi connectivity index (χ1n) is 7.98. The van der Waals surface area contributed by atoms with Crippen molar-refractivity contribution in [1.82, 2.24) is 4.83 Å². The van der Waals surface area contributed by atoms with Crippen LogP contribution in [0.2, 0.25) is 0 Å². The number of nitrogens with one attached hydrogen (secondary N) is 2. The van der Waals surface area contributed by atoms with Crippen molar-refractivity contribution in [2.24, 2.45) is 5.10 Å². The number of amides is 1. The summed E-state index contributed by atoms with van der Waals surface area (Å²) in [5, 5.41) is 17.2. The van der Waals surface area contributed by atoms with E-state index in [9.17, 15) is 23.3 Å². The molecule has 2 N–H and O–H groups in total. The summed E-state index contributed by atoms with van der Waals surface area (Å²) in [5.74, 6) is -0.271. The van der Waals surface area contributed by atoms with Crippen LogP contribution >= 0.6 is 0 Å². The highest BCUT2D eigenvalue weighted by Gasteiger charge is 2.14. The molecule has 0 atom stereocenters. The van der Waals surface area contributed by atoms with Crippen molar-refractivity contribution in [3.8, 4) is 0 Å². The van der Waals surface area contributed by atoms with Gasteiger partial charge in [0.05, 0.1) is 16.0 Å². The molecular weight excluding hydrogens is 386 g/mol. The summed E-state index contributed by atoms with van der Waals surface area (Å²) in [6, 6.07) is 9.75. The number of nitrogens with zero attached hydrogens (tertiary/aromatic N) is 3. The number of nitro benzene ring substituents is 1. The molecule has 10 nitrogen and oxygen atoms in total. The van der Waals surface area contributed by atoms with Gasteiger partial charge >= 0.3 is 0 Å². The van der Waals surface area contributed by atoms with Crippen molar-refractivity contribution in [2.45, 2.75) is 11.8 Å². The third-order valence-electron chi connectivity index (χ3n) is 3.57. The molecule has 0 aliphatic carbocycles. The van der Waals surface area contributed by atoms with E-state index in [-0.39, 0.29) is 16.5 Å². The van der Waals surface area contributed by atoms with Gasteiger partial charge in [0.15, 0.2) is 0 Å². The Labute approximate surface area is 162 Å². The fourth-order valence-corrected chi connectivity index (χ4v) is 3.10. The number of hydrazone groups is 1. The van der Waals surface area contributed by atoms with E-state index in [0.717, 1.165) is 0 Å². The van der Waals surface area contributed by atoms with E-state index in [1.807, 2.05) is 0 Å². The largest absolute Gasteiger partial charge is 0.377 e. The molecule has 0 heterocycles. The monoisotopic (exact) mass is 405 g/mol. The average molecular weight is 405 g/mol. The van der Waals surface area contributed by atoms with Crippen molar-refractivity contribution in [3.63, 3.8) is 0 Å². The fourth-order valence-electron chi connectivity index (χ4n) is 2.30. The molecule has 2 aromatic rings. The first-order valence-corrected chi connectivity index (χ1v) is 9.47. The van der Waals surface area contributed by atoms with E-state index in [4.69, 9.17) is 0 Å². The summed E-state index contributed by atoms with van der Waals surface area (Å²) >= 11 is 0. The van der Waals surface area contributed by atoms with Gasteiger partial charge in [-0.25, -0.2) is 4.83 Å². The Bertz CT molecular complexity index is 1020. The van der Waals surface area contributed by atoms with Crippen molar-refractivity contribution in [3.05, 3.63) is 58.1 Å². The van der Waals surface area contributed by atoms with Crippen LogP contribution in [0.4, 0.5) is 17.1 Å². The second-order valence-corrected chi connectivity index (χ2v) is 7.61. The molecule has 0 aromatic heterocycles. The van der Waals surface area contributed by atoms with Gasteiger partial charge in [-0.1, -0.05) is 0 Å². The van der Waals surface area contributed by atoms with Gasteiger partial charge in [0.1, 0.15) is 0 Å². The van der Waals surface area contributed by atoms with E-state index in [0.29, 0.717) is 16.9 Å². The highest BCUT2D eigenvalue weighted by molar-refractivity contribution is 7.89. The number of hydrogen-bond donors (Lipinski definition) is 2. The van der Waals surface area contributed by atoms with Crippen LogP contribution in [0.3, 0.4) is 0 Å². The molecule has 0 saturated heterocycles. The number of carbonyl (C=O) groups excluding carboxylic acids is 1. The van der Waals surface area contributed by atoms with Crippen LogP contribution in [-0.4, -0.2) is 39.6 Å². The van der Waals surface area contributed by atoms with Crippen LogP contribution in [0.15, 0.2) is 52.5 Å². The Hall–Kier alpha value is -3.47. The third-order valence-corrected chi connectivity index (χ3v) is 4.80. The highest BCUT2D eigenvalue weighted by Crippen LogP contribution is 2.22. The Morgan fingerprint density at radius 3 is 2.36 bits per heavy atom. The van der Waals surface area contributed by atoms with E-state index < -0.39 is 14.9 Å². The zero-order valence-electron chi connectivity index (χ0n) is 15.4. The Balaban J connectivity index is 2.22. The molecule has 2 aromatic carbocycles. The van der Waals surface area contributed by atoms with Gasteiger partial charge in [-0.15, -0.1) is 0 Å². The van der Waals surface area contributed by atoms with Crippen LogP contribution in [0, 0.1) is 10.1 Å². The molecule has 148 valence electrons. The van der Waals surface area contributed by atoms with Crippen LogP contribution in [0.1, 0.15) is 12.5 Å². The lowest BCUT2D eigenvalue weighted by Gasteiger charge is -2.15. The first kappa shape index (κ1) is 20.8. The predicted molar refractivity (Wildman–Crippen MR) is 106 cm³/mol. The van der Waals surface area contributed by atoms with Crippen LogP contribution < -0.4 is 15.0 Å². The molecule has 1 amide bonds. The highest BCUT2D eigenvalue weighted by atomic mass is 32.2. The Morgan fingerprint density at radius 1 is 1.18 bits per heavy atom. The van der Waals surface area contributed by atoms with Crippen molar-refractivity contribution >= 4 is 39.2 Å². The molecule has 0 unspecified atom stereocenters. The van der Waals surface area contributed by atoms with E-state index in [1.54, 1.807) is 25.1 Å². The molecule has 0 spiro atoms. The van der Waals surface area contributed by atoms with Gasteiger partial charge in [0.25, 0.3) is 15.7 Å². The maximum absolute atomic E-state index is 12.3. The Kier molecular flexibility index (Phi) is 6.31. The van der Waals surface area contributed by atoms with Crippen molar-refractivity contribution < 1.29 is 18.1 Å². The summed E-state index contributed by atoms with van der Waals surface area (Å²) in [4.78, 5) is 25.2. The van der Waals surface area contributed by atoms with Gasteiger partial charge < -0.3 is 10.2 Å². The summed E-state index contributed by atoms with van der Waals surface area (Å²) in [6.07, 6.45) is 1.20. The number of carbonyl (C=O) groups is 1. The van der Waals surface area contributed by atoms with Gasteiger partial charge in [-0.2, -0.15) is 13.5 Å². The maximum Gasteiger partial charge on any atom is 0.276 e. The zero-order valence-corrected chi connectivity index (χ0v) is 16.2. The van der Waals surface area contributed by atoms with E-state index in [2.05, 4.69) is 15.2 Å². The third kappa shape index (κ3) is 5.27. The number of anilines is 2. The topological polar surface area (TPSA) is 134 Å². The van der Waals surface area contributed by atoms with Gasteiger partial charge in [0, 0.05) is 50.1 Å². The van der Waals surface area contributed by atoms with Crippen LogP contribution in [0.5, 0.6) is 0 Å². The van der Waals surface area contributed by atoms with E-state index >= 15 is 0 Å².